The maximum absolute atomic E-state index is 12.7. The van der Waals surface area contributed by atoms with Crippen LogP contribution in [0.4, 0.5) is 11.4 Å². The quantitative estimate of drug-likeness (QED) is 0.235. The van der Waals surface area contributed by atoms with Crippen LogP contribution in [0.3, 0.4) is 0 Å². The van der Waals surface area contributed by atoms with E-state index in [1.807, 2.05) is 50.2 Å². The van der Waals surface area contributed by atoms with E-state index in [9.17, 15) is 19.2 Å². The maximum Gasteiger partial charge on any atom is 0.248 e. The molecule has 6 heterocycles. The summed E-state index contributed by atoms with van der Waals surface area (Å²) in [7, 11) is 0. The number of nitrogens with zero attached hydrogens (tertiary/aromatic N) is 9. The van der Waals surface area contributed by atoms with Crippen molar-refractivity contribution in [2.24, 2.45) is 0 Å². The molecule has 1 N–H and O–H groups in total. The molecule has 0 radical (unpaired) electrons. The van der Waals surface area contributed by atoms with Crippen molar-refractivity contribution >= 4 is 91.9 Å². The predicted molar refractivity (Wildman–Crippen MR) is 203 cm³/mol. The first-order valence-electron chi connectivity index (χ1n) is 16.3. The molecule has 2 saturated heterocycles. The van der Waals surface area contributed by atoms with E-state index in [0.29, 0.717) is 15.7 Å². The molecular formula is C36H33Cl3N10O4. The fraction of sp³-hybridized carbons (Fsp3) is 0.222. The van der Waals surface area contributed by atoms with Crippen LogP contribution in [0, 0.1) is 13.8 Å². The minimum atomic E-state index is -0.243. The zero-order valence-electron chi connectivity index (χ0n) is 28.6. The molecule has 0 bridgehead atoms. The van der Waals surface area contributed by atoms with Gasteiger partial charge in [0.25, 0.3) is 0 Å². The van der Waals surface area contributed by atoms with Gasteiger partial charge in [-0.15, -0.1) is 11.6 Å². The highest BCUT2D eigenvalue weighted by Crippen LogP contribution is 2.30. The molecule has 4 aromatic heterocycles. The van der Waals surface area contributed by atoms with E-state index < -0.39 is 0 Å². The number of aromatic amines is 1. The third kappa shape index (κ3) is 8.25. The number of carbonyl (C=O) groups is 4. The van der Waals surface area contributed by atoms with E-state index >= 15 is 0 Å². The Labute approximate surface area is 318 Å². The Morgan fingerprint density at radius 3 is 1.89 bits per heavy atom. The lowest BCUT2D eigenvalue weighted by molar-refractivity contribution is -0.132. The molecule has 2 fully saturated rings. The van der Waals surface area contributed by atoms with Gasteiger partial charge in [-0.2, -0.15) is 10.2 Å². The molecular weight excluding hydrogens is 743 g/mol. The lowest BCUT2D eigenvalue weighted by Gasteiger charge is -2.20. The molecule has 2 aromatic carbocycles. The zero-order chi connectivity index (χ0) is 37.6. The lowest BCUT2D eigenvalue weighted by Crippen LogP contribution is -2.34. The number of hydrogen-bond donors (Lipinski definition) is 1. The van der Waals surface area contributed by atoms with E-state index in [1.54, 1.807) is 63.5 Å². The highest BCUT2D eigenvalue weighted by molar-refractivity contribution is 6.32. The maximum atomic E-state index is 12.7. The molecule has 0 aliphatic carbocycles. The number of H-pyrrole nitrogens is 1. The standard InChI is InChI=1S/C18H16ClN5O2.C12H12Cl2N2O2.C6H5N3/c1-12-14(19)5-2-6-15(12)23-11-22(9-17(23)26)16(25)10-24-18-13(8-21-24)4-3-7-20-18;1-8-9(14)3-2-4-10(8)16-7-15(6-12(16)18)11(17)5-13;1-2-5-4-8-9-6(5)7-3-1/h2-8H,9-11H2,1H3;2-4H,5-7H2,1H3;1-4H,(H,7,8,9). The number of nitrogens with one attached hydrogen (secondary N) is 1. The summed E-state index contributed by atoms with van der Waals surface area (Å²) in [6.07, 6.45) is 6.82. The second-order valence-electron chi connectivity index (χ2n) is 12.0. The first kappa shape index (κ1) is 37.2. The van der Waals surface area contributed by atoms with Crippen molar-refractivity contribution in [3.05, 3.63) is 107 Å². The number of hydrogen-bond acceptors (Lipinski definition) is 8. The Hall–Kier alpha value is -5.57. The second-order valence-corrected chi connectivity index (χ2v) is 13.1. The summed E-state index contributed by atoms with van der Waals surface area (Å²) in [5.74, 6) is -0.801. The van der Waals surface area contributed by atoms with Crippen molar-refractivity contribution in [1.82, 2.24) is 39.7 Å². The fourth-order valence-corrected chi connectivity index (χ4v) is 6.26. The van der Waals surface area contributed by atoms with Crippen molar-refractivity contribution in [3.63, 3.8) is 0 Å². The summed E-state index contributed by atoms with van der Waals surface area (Å²) >= 11 is 17.7. The summed E-state index contributed by atoms with van der Waals surface area (Å²) in [6, 6.07) is 18.3. The smallest absolute Gasteiger partial charge is 0.248 e. The van der Waals surface area contributed by atoms with Crippen molar-refractivity contribution in [3.8, 4) is 0 Å². The molecule has 17 heteroatoms. The minimum absolute atomic E-state index is 0.0379. The van der Waals surface area contributed by atoms with Crippen molar-refractivity contribution < 1.29 is 19.2 Å². The molecule has 0 unspecified atom stereocenters. The monoisotopic (exact) mass is 774 g/mol. The molecule has 14 nitrogen and oxygen atoms in total. The Morgan fingerprint density at radius 2 is 1.30 bits per heavy atom. The van der Waals surface area contributed by atoms with Gasteiger partial charge >= 0.3 is 0 Å². The number of amides is 4. The van der Waals surface area contributed by atoms with Crippen LogP contribution in [-0.4, -0.2) is 95.7 Å². The van der Waals surface area contributed by atoms with Gasteiger partial charge in [0.1, 0.15) is 38.9 Å². The Balaban J connectivity index is 0.000000153. The average molecular weight is 776 g/mol. The zero-order valence-corrected chi connectivity index (χ0v) is 30.9. The number of fused-ring (bicyclic) bond motifs is 2. The summed E-state index contributed by atoms with van der Waals surface area (Å²) in [4.78, 5) is 62.8. The number of aromatic nitrogens is 6. The van der Waals surface area contributed by atoms with E-state index in [1.165, 1.54) is 9.80 Å². The van der Waals surface area contributed by atoms with Gasteiger partial charge in [0, 0.05) is 44.6 Å². The van der Waals surface area contributed by atoms with Crippen molar-refractivity contribution in [2.75, 3.05) is 42.1 Å². The Bertz CT molecular complexity index is 2280. The van der Waals surface area contributed by atoms with Crippen LogP contribution < -0.4 is 9.80 Å². The van der Waals surface area contributed by atoms with Crippen molar-refractivity contribution in [2.45, 2.75) is 20.4 Å². The predicted octanol–water partition coefficient (Wildman–Crippen LogP) is 5.20. The largest absolute Gasteiger partial charge is 0.314 e. The molecule has 0 spiro atoms. The molecule has 272 valence electrons. The van der Waals surface area contributed by atoms with Gasteiger partial charge in [-0.1, -0.05) is 35.3 Å². The SMILES string of the molecule is Cc1c(Cl)cccc1N1CN(C(=O)CCl)CC1=O.Cc1c(Cl)cccc1N1CN(C(=O)Cn2ncc3cccnc32)CC1=O.c1cnc2[nH]ncc2c1. The van der Waals surface area contributed by atoms with Crippen LogP contribution in [0.15, 0.2) is 85.5 Å². The number of anilines is 2. The van der Waals surface area contributed by atoms with Gasteiger partial charge in [0.05, 0.1) is 12.4 Å². The van der Waals surface area contributed by atoms with Gasteiger partial charge in [-0.3, -0.25) is 34.1 Å². The van der Waals surface area contributed by atoms with E-state index in [4.69, 9.17) is 34.8 Å². The minimum Gasteiger partial charge on any atom is -0.314 e. The molecule has 4 amide bonds. The fourth-order valence-electron chi connectivity index (χ4n) is 5.75. The third-order valence-electron chi connectivity index (χ3n) is 8.65. The molecule has 53 heavy (non-hydrogen) atoms. The van der Waals surface area contributed by atoms with E-state index in [0.717, 1.165) is 38.9 Å². The van der Waals surface area contributed by atoms with Gasteiger partial charge in [0.15, 0.2) is 11.3 Å². The number of pyridine rings is 2. The highest BCUT2D eigenvalue weighted by Gasteiger charge is 2.34. The van der Waals surface area contributed by atoms with Crippen LogP contribution in [0.2, 0.25) is 10.0 Å². The van der Waals surface area contributed by atoms with Crippen LogP contribution in [0.5, 0.6) is 0 Å². The molecule has 0 atom stereocenters. The van der Waals surface area contributed by atoms with Crippen LogP contribution >= 0.6 is 34.8 Å². The molecule has 0 saturated carbocycles. The Kier molecular flexibility index (Phi) is 11.5. The summed E-state index contributed by atoms with van der Waals surface area (Å²) < 4.78 is 1.55. The second kappa shape index (κ2) is 16.4. The Morgan fingerprint density at radius 1 is 0.736 bits per heavy atom. The topological polar surface area (TPSA) is 154 Å². The van der Waals surface area contributed by atoms with Gasteiger partial charge in [-0.25, -0.2) is 14.6 Å². The van der Waals surface area contributed by atoms with Crippen LogP contribution in [0.1, 0.15) is 11.1 Å². The van der Waals surface area contributed by atoms with Crippen LogP contribution in [0.25, 0.3) is 22.1 Å². The van der Waals surface area contributed by atoms with Crippen molar-refractivity contribution in [1.29, 1.82) is 0 Å². The first-order valence-corrected chi connectivity index (χ1v) is 17.6. The number of halogens is 3. The highest BCUT2D eigenvalue weighted by atomic mass is 35.5. The van der Waals surface area contributed by atoms with Gasteiger partial charge < -0.3 is 9.80 Å². The summed E-state index contributed by atoms with van der Waals surface area (Å²) in [6.45, 7) is 4.27. The van der Waals surface area contributed by atoms with E-state index in [-0.39, 0.29) is 62.5 Å². The summed E-state index contributed by atoms with van der Waals surface area (Å²) in [5.41, 5.74) is 4.60. The number of benzene rings is 2. The average Bonchev–Trinajstić information content (AvgIpc) is 3.97. The van der Waals surface area contributed by atoms with Crippen LogP contribution in [-0.2, 0) is 25.7 Å². The normalized spacial score (nSPS) is 14.1. The van der Waals surface area contributed by atoms with Gasteiger partial charge in [0.2, 0.25) is 23.6 Å². The molecule has 2 aliphatic rings. The molecule has 8 rings (SSSR count). The number of rotatable bonds is 5. The third-order valence-corrected chi connectivity index (χ3v) is 9.70. The lowest BCUT2D eigenvalue weighted by atomic mass is 10.2. The number of carbonyl (C=O) groups excluding carboxylic acids is 4. The first-order chi connectivity index (χ1) is 25.5. The molecule has 6 aromatic rings. The summed E-state index contributed by atoms with van der Waals surface area (Å²) in [5, 5.41) is 13.9. The number of alkyl halides is 1. The van der Waals surface area contributed by atoms with Gasteiger partial charge in [-0.05, 0) is 73.5 Å². The van der Waals surface area contributed by atoms with E-state index in [2.05, 4.69) is 25.3 Å². The molecule has 2 aliphatic heterocycles.